The van der Waals surface area contributed by atoms with Gasteiger partial charge in [-0.1, -0.05) is 141 Å². The number of ether oxygens (including phenoxy) is 3. The van der Waals surface area contributed by atoms with Crippen LogP contribution in [0.2, 0.25) is 0 Å². The Labute approximate surface area is 302 Å². The number of carbonyl (C=O) groups excluding carboxylic acids is 3. The summed E-state index contributed by atoms with van der Waals surface area (Å²) in [6, 6.07) is 0. The number of allylic oxidation sites excluding steroid dienone is 6. The third kappa shape index (κ3) is 36.7. The van der Waals surface area contributed by atoms with Crippen molar-refractivity contribution in [1.82, 2.24) is 0 Å². The Bertz CT molecular complexity index is 845. The molecule has 1 unspecified atom stereocenters. The van der Waals surface area contributed by atoms with E-state index in [1.54, 1.807) is 0 Å². The molecule has 0 aromatic rings. The fourth-order valence-corrected chi connectivity index (χ4v) is 5.50. The minimum Gasteiger partial charge on any atom is -0.462 e. The first-order valence-electron chi connectivity index (χ1n) is 20.5. The van der Waals surface area contributed by atoms with Gasteiger partial charge in [0.25, 0.3) is 0 Å². The Kier molecular flexibility index (Phi) is 36.6. The van der Waals surface area contributed by atoms with E-state index in [0.29, 0.717) is 19.3 Å². The Balaban J connectivity index is 3.97. The van der Waals surface area contributed by atoms with Gasteiger partial charge in [0.05, 0.1) is 0 Å². The third-order valence-corrected chi connectivity index (χ3v) is 8.59. The summed E-state index contributed by atoms with van der Waals surface area (Å²) < 4.78 is 16.2. The van der Waals surface area contributed by atoms with E-state index in [4.69, 9.17) is 14.2 Å². The first-order chi connectivity index (χ1) is 24.0. The molecule has 6 heteroatoms. The minimum absolute atomic E-state index is 0.0870. The molecule has 0 bridgehead atoms. The van der Waals surface area contributed by atoms with E-state index in [9.17, 15) is 14.4 Å². The number of unbranched alkanes of at least 4 members (excludes halogenated alkanes) is 19. The Morgan fingerprint density at radius 1 is 0.408 bits per heavy atom. The first kappa shape index (κ1) is 46.6. The highest BCUT2D eigenvalue weighted by Gasteiger charge is 2.19. The molecule has 0 heterocycles. The molecule has 0 aliphatic heterocycles. The number of esters is 3. The van der Waals surface area contributed by atoms with Crippen molar-refractivity contribution < 1.29 is 28.6 Å². The molecule has 0 saturated carbocycles. The van der Waals surface area contributed by atoms with Crippen molar-refractivity contribution >= 4 is 17.9 Å². The van der Waals surface area contributed by atoms with Crippen LogP contribution in [0.15, 0.2) is 36.5 Å². The van der Waals surface area contributed by atoms with Crippen LogP contribution in [0.4, 0.5) is 0 Å². The van der Waals surface area contributed by atoms with Gasteiger partial charge in [-0.05, 0) is 77.0 Å². The Morgan fingerprint density at radius 3 is 1.22 bits per heavy atom. The number of carbonyl (C=O) groups is 3. The molecular weight excluding hydrogens is 612 g/mol. The van der Waals surface area contributed by atoms with Gasteiger partial charge in [0.2, 0.25) is 0 Å². The zero-order chi connectivity index (χ0) is 35.9. The molecule has 0 saturated heterocycles. The van der Waals surface area contributed by atoms with Crippen LogP contribution in [0.3, 0.4) is 0 Å². The molecule has 0 fully saturated rings. The van der Waals surface area contributed by atoms with Crippen LogP contribution in [0, 0.1) is 0 Å². The van der Waals surface area contributed by atoms with Crippen molar-refractivity contribution in [3.63, 3.8) is 0 Å². The standard InChI is InChI=1S/C43H76O6/c1-4-7-9-11-13-15-17-19-21-23-25-27-29-31-33-36-41(44)47-38-40(49-43(46)35-6-3)39-48-42(45)37-34-32-30-28-26-24-22-20-18-16-14-12-10-8-5-2/h13,15,19-22,40H,4-12,14,16-18,23-39H2,1-3H3/b15-13-,21-19-,22-20-. The van der Waals surface area contributed by atoms with Crippen LogP contribution in [-0.2, 0) is 28.6 Å². The lowest BCUT2D eigenvalue weighted by atomic mass is 10.1. The summed E-state index contributed by atoms with van der Waals surface area (Å²) >= 11 is 0. The highest BCUT2D eigenvalue weighted by Crippen LogP contribution is 2.12. The van der Waals surface area contributed by atoms with E-state index in [-0.39, 0.29) is 37.5 Å². The van der Waals surface area contributed by atoms with Crippen molar-refractivity contribution in [2.75, 3.05) is 13.2 Å². The monoisotopic (exact) mass is 689 g/mol. The molecule has 0 aliphatic carbocycles. The van der Waals surface area contributed by atoms with Crippen molar-refractivity contribution in [3.8, 4) is 0 Å². The SMILES string of the molecule is CCCCC/C=C\C/C=C\CCCCCCCC(=O)OCC(COC(=O)CCCCCCC/C=C\CCCCCCCC)OC(=O)CCC. The second-order valence-corrected chi connectivity index (χ2v) is 13.5. The van der Waals surface area contributed by atoms with Crippen LogP contribution in [0.1, 0.15) is 201 Å². The average molecular weight is 689 g/mol. The van der Waals surface area contributed by atoms with Gasteiger partial charge in [-0.15, -0.1) is 0 Å². The third-order valence-electron chi connectivity index (χ3n) is 8.59. The minimum atomic E-state index is -0.773. The van der Waals surface area contributed by atoms with Crippen LogP contribution < -0.4 is 0 Å². The predicted molar refractivity (Wildman–Crippen MR) is 206 cm³/mol. The molecule has 284 valence electrons. The maximum absolute atomic E-state index is 12.3. The highest BCUT2D eigenvalue weighted by molar-refractivity contribution is 5.71. The first-order valence-corrected chi connectivity index (χ1v) is 20.5. The summed E-state index contributed by atoms with van der Waals surface area (Å²) in [5.74, 6) is -0.974. The number of hydrogen-bond donors (Lipinski definition) is 0. The molecule has 0 amide bonds. The van der Waals surface area contributed by atoms with Crippen LogP contribution in [-0.4, -0.2) is 37.2 Å². The molecule has 6 nitrogen and oxygen atoms in total. The quantitative estimate of drug-likeness (QED) is 0.0282. The second-order valence-electron chi connectivity index (χ2n) is 13.5. The van der Waals surface area contributed by atoms with Gasteiger partial charge >= 0.3 is 17.9 Å². The summed E-state index contributed by atoms with van der Waals surface area (Å²) in [5.41, 5.74) is 0. The summed E-state index contributed by atoms with van der Waals surface area (Å²) in [4.78, 5) is 36.7. The smallest absolute Gasteiger partial charge is 0.306 e. The topological polar surface area (TPSA) is 78.9 Å². The zero-order valence-electron chi connectivity index (χ0n) is 32.2. The fourth-order valence-electron chi connectivity index (χ4n) is 5.50. The largest absolute Gasteiger partial charge is 0.462 e. The van der Waals surface area contributed by atoms with Gasteiger partial charge in [-0.25, -0.2) is 0 Å². The molecule has 0 aliphatic rings. The molecule has 0 spiro atoms. The summed E-state index contributed by atoms with van der Waals surface area (Å²) in [6.07, 6.45) is 42.6. The molecule has 0 rings (SSSR count). The highest BCUT2D eigenvalue weighted by atomic mass is 16.6. The van der Waals surface area contributed by atoms with Crippen molar-refractivity contribution in [3.05, 3.63) is 36.5 Å². The van der Waals surface area contributed by atoms with Crippen molar-refractivity contribution in [2.24, 2.45) is 0 Å². The molecule has 0 aromatic heterocycles. The van der Waals surface area contributed by atoms with Crippen LogP contribution in [0.5, 0.6) is 0 Å². The molecule has 0 aromatic carbocycles. The van der Waals surface area contributed by atoms with Crippen molar-refractivity contribution in [2.45, 2.75) is 207 Å². The van der Waals surface area contributed by atoms with E-state index < -0.39 is 6.10 Å². The molecule has 1 atom stereocenters. The Morgan fingerprint density at radius 2 is 0.776 bits per heavy atom. The fraction of sp³-hybridized carbons (Fsp3) is 0.791. The van der Waals surface area contributed by atoms with Crippen molar-refractivity contribution in [1.29, 1.82) is 0 Å². The normalized spacial score (nSPS) is 12.3. The molecule has 0 radical (unpaired) electrons. The second kappa shape index (κ2) is 38.4. The van der Waals surface area contributed by atoms with Crippen LogP contribution >= 0.6 is 0 Å². The van der Waals surface area contributed by atoms with Gasteiger partial charge in [-0.3, -0.25) is 14.4 Å². The van der Waals surface area contributed by atoms with Gasteiger partial charge in [-0.2, -0.15) is 0 Å². The van der Waals surface area contributed by atoms with Gasteiger partial charge in [0.15, 0.2) is 6.10 Å². The lowest BCUT2D eigenvalue weighted by Gasteiger charge is -2.18. The van der Waals surface area contributed by atoms with E-state index in [1.807, 2.05) is 6.92 Å². The molecular formula is C43H76O6. The lowest BCUT2D eigenvalue weighted by molar-refractivity contribution is -0.166. The van der Waals surface area contributed by atoms with Crippen LogP contribution in [0.25, 0.3) is 0 Å². The van der Waals surface area contributed by atoms with Gasteiger partial charge < -0.3 is 14.2 Å². The zero-order valence-corrected chi connectivity index (χ0v) is 32.2. The van der Waals surface area contributed by atoms with E-state index >= 15 is 0 Å². The van der Waals surface area contributed by atoms with E-state index in [1.165, 1.54) is 89.9 Å². The average Bonchev–Trinajstić information content (AvgIpc) is 3.09. The lowest BCUT2D eigenvalue weighted by Crippen LogP contribution is -2.30. The Hall–Kier alpha value is -2.37. The summed E-state index contributed by atoms with van der Waals surface area (Å²) in [6.45, 7) is 6.21. The van der Waals surface area contributed by atoms with E-state index in [2.05, 4.69) is 50.3 Å². The number of hydrogen-bond acceptors (Lipinski definition) is 6. The predicted octanol–water partition coefficient (Wildman–Crippen LogP) is 12.6. The maximum atomic E-state index is 12.3. The molecule has 0 N–H and O–H groups in total. The van der Waals surface area contributed by atoms with Gasteiger partial charge in [0.1, 0.15) is 13.2 Å². The molecule has 49 heavy (non-hydrogen) atoms. The summed E-state index contributed by atoms with van der Waals surface area (Å²) in [7, 11) is 0. The van der Waals surface area contributed by atoms with Gasteiger partial charge in [0, 0.05) is 19.3 Å². The summed E-state index contributed by atoms with van der Waals surface area (Å²) in [5, 5.41) is 0. The number of rotatable bonds is 36. The van der Waals surface area contributed by atoms with E-state index in [0.717, 1.165) is 64.2 Å². The maximum Gasteiger partial charge on any atom is 0.306 e.